The third-order valence-electron chi connectivity index (χ3n) is 4.08. The Morgan fingerprint density at radius 3 is 2.71 bits per heavy atom. The molecule has 2 heterocycles. The van der Waals surface area contributed by atoms with E-state index in [4.69, 9.17) is 4.74 Å². The Labute approximate surface area is 123 Å². The maximum absolute atomic E-state index is 5.54. The minimum absolute atomic E-state index is 0.924. The van der Waals surface area contributed by atoms with Gasteiger partial charge in [-0.25, -0.2) is 4.98 Å². The van der Waals surface area contributed by atoms with Gasteiger partial charge in [0.25, 0.3) is 0 Å². The van der Waals surface area contributed by atoms with E-state index >= 15 is 0 Å². The highest BCUT2D eigenvalue weighted by Gasteiger charge is 2.23. The van der Waals surface area contributed by atoms with Crippen molar-refractivity contribution in [2.75, 3.05) is 7.11 Å². The average molecular weight is 276 g/mol. The standard InChI is InChI=1S/C18H16N2O/c1-21-16-9-5-8-13-10-11-20-15(17(13)16)12-19-18(20)14-6-3-2-4-7-14/h2-9,12H,10-11H2,1H3. The van der Waals surface area contributed by atoms with Crippen LogP contribution in [-0.2, 0) is 13.0 Å². The van der Waals surface area contributed by atoms with Crippen LogP contribution in [0.15, 0.2) is 54.7 Å². The monoisotopic (exact) mass is 276 g/mol. The zero-order valence-corrected chi connectivity index (χ0v) is 11.9. The summed E-state index contributed by atoms with van der Waals surface area (Å²) in [6.07, 6.45) is 2.97. The molecule has 0 saturated carbocycles. The predicted octanol–water partition coefficient (Wildman–Crippen LogP) is 3.78. The molecular formula is C18H16N2O. The molecule has 0 spiro atoms. The van der Waals surface area contributed by atoms with Crippen LogP contribution < -0.4 is 4.74 Å². The molecule has 1 aliphatic rings. The van der Waals surface area contributed by atoms with Crippen LogP contribution in [0.5, 0.6) is 5.75 Å². The van der Waals surface area contributed by atoms with E-state index in [1.165, 1.54) is 11.1 Å². The lowest BCUT2D eigenvalue weighted by Gasteiger charge is -2.22. The lowest BCUT2D eigenvalue weighted by Crippen LogP contribution is -2.12. The number of methoxy groups -OCH3 is 1. The van der Waals surface area contributed by atoms with E-state index in [2.05, 4.69) is 33.8 Å². The third kappa shape index (κ3) is 1.85. The molecular weight excluding hydrogens is 260 g/mol. The highest BCUT2D eigenvalue weighted by Crippen LogP contribution is 2.39. The summed E-state index contributed by atoms with van der Waals surface area (Å²) >= 11 is 0. The van der Waals surface area contributed by atoms with Gasteiger partial charge in [0.2, 0.25) is 0 Å². The van der Waals surface area contributed by atoms with Gasteiger partial charge in [0.15, 0.2) is 0 Å². The molecule has 1 aromatic heterocycles. The summed E-state index contributed by atoms with van der Waals surface area (Å²) in [6.45, 7) is 0.958. The Bertz CT molecular complexity index is 776. The van der Waals surface area contributed by atoms with Crippen molar-refractivity contribution in [1.29, 1.82) is 0 Å². The molecule has 0 saturated heterocycles. The van der Waals surface area contributed by atoms with Gasteiger partial charge in [-0.1, -0.05) is 42.5 Å². The van der Waals surface area contributed by atoms with Gasteiger partial charge in [-0.15, -0.1) is 0 Å². The highest BCUT2D eigenvalue weighted by molar-refractivity contribution is 5.75. The summed E-state index contributed by atoms with van der Waals surface area (Å²) in [6, 6.07) is 16.6. The van der Waals surface area contributed by atoms with Crippen molar-refractivity contribution in [3.05, 3.63) is 60.3 Å². The number of nitrogens with zero attached hydrogens (tertiary/aromatic N) is 2. The van der Waals surface area contributed by atoms with E-state index < -0.39 is 0 Å². The van der Waals surface area contributed by atoms with Crippen molar-refractivity contribution in [2.24, 2.45) is 0 Å². The number of aromatic nitrogens is 2. The Morgan fingerprint density at radius 1 is 1.05 bits per heavy atom. The largest absolute Gasteiger partial charge is 0.496 e. The number of imidazole rings is 1. The molecule has 0 amide bonds. The molecule has 21 heavy (non-hydrogen) atoms. The summed E-state index contributed by atoms with van der Waals surface area (Å²) in [5, 5.41) is 0. The molecule has 0 atom stereocenters. The Kier molecular flexibility index (Phi) is 2.78. The van der Waals surface area contributed by atoms with Gasteiger partial charge in [0.05, 0.1) is 19.0 Å². The molecule has 0 N–H and O–H groups in total. The molecule has 3 nitrogen and oxygen atoms in total. The second-order valence-electron chi connectivity index (χ2n) is 5.23. The first kappa shape index (κ1) is 12.2. The van der Waals surface area contributed by atoms with Gasteiger partial charge in [0, 0.05) is 17.7 Å². The van der Waals surface area contributed by atoms with Crippen LogP contribution in [0.4, 0.5) is 0 Å². The zero-order chi connectivity index (χ0) is 14.2. The quantitative estimate of drug-likeness (QED) is 0.712. The van der Waals surface area contributed by atoms with Gasteiger partial charge < -0.3 is 9.30 Å². The van der Waals surface area contributed by atoms with Crippen LogP contribution in [0.1, 0.15) is 5.56 Å². The van der Waals surface area contributed by atoms with Crippen molar-refractivity contribution < 1.29 is 4.74 Å². The van der Waals surface area contributed by atoms with Gasteiger partial charge >= 0.3 is 0 Å². The van der Waals surface area contributed by atoms with Gasteiger partial charge in [-0.2, -0.15) is 0 Å². The Hall–Kier alpha value is -2.55. The number of hydrogen-bond acceptors (Lipinski definition) is 2. The number of hydrogen-bond donors (Lipinski definition) is 0. The summed E-state index contributed by atoms with van der Waals surface area (Å²) in [5.74, 6) is 1.95. The highest BCUT2D eigenvalue weighted by atomic mass is 16.5. The first-order valence-corrected chi connectivity index (χ1v) is 7.15. The smallest absolute Gasteiger partial charge is 0.140 e. The number of fused-ring (bicyclic) bond motifs is 3. The van der Waals surface area contributed by atoms with E-state index in [0.717, 1.165) is 35.8 Å². The number of ether oxygens (including phenoxy) is 1. The maximum atomic E-state index is 5.54. The lowest BCUT2D eigenvalue weighted by atomic mass is 9.97. The average Bonchev–Trinajstić information content (AvgIpc) is 2.99. The number of benzene rings is 2. The molecule has 0 aliphatic carbocycles. The SMILES string of the molecule is COc1cccc2c1-c1cnc(-c3ccccc3)n1CC2. The van der Waals surface area contributed by atoms with E-state index in [1.807, 2.05) is 30.5 Å². The first-order valence-electron chi connectivity index (χ1n) is 7.15. The Balaban J connectivity index is 1.92. The van der Waals surface area contributed by atoms with Crippen LogP contribution in [0, 0.1) is 0 Å². The van der Waals surface area contributed by atoms with Gasteiger partial charge in [-0.3, -0.25) is 0 Å². The maximum Gasteiger partial charge on any atom is 0.140 e. The molecule has 104 valence electrons. The third-order valence-corrected chi connectivity index (χ3v) is 4.08. The number of rotatable bonds is 2. The van der Waals surface area contributed by atoms with E-state index in [9.17, 15) is 0 Å². The molecule has 0 bridgehead atoms. The minimum Gasteiger partial charge on any atom is -0.496 e. The summed E-state index contributed by atoms with van der Waals surface area (Å²) in [4.78, 5) is 4.65. The molecule has 3 heteroatoms. The summed E-state index contributed by atoms with van der Waals surface area (Å²) in [7, 11) is 1.73. The molecule has 3 aromatic rings. The fraction of sp³-hybridized carbons (Fsp3) is 0.167. The van der Waals surface area contributed by atoms with Crippen molar-refractivity contribution in [3.63, 3.8) is 0 Å². The van der Waals surface area contributed by atoms with Gasteiger partial charge in [0.1, 0.15) is 11.6 Å². The molecule has 1 aliphatic heterocycles. The van der Waals surface area contributed by atoms with Gasteiger partial charge in [-0.05, 0) is 18.1 Å². The molecule has 4 rings (SSSR count). The van der Waals surface area contributed by atoms with E-state index in [-0.39, 0.29) is 0 Å². The molecule has 2 aromatic carbocycles. The van der Waals surface area contributed by atoms with Crippen LogP contribution >= 0.6 is 0 Å². The topological polar surface area (TPSA) is 27.1 Å². The minimum atomic E-state index is 0.924. The molecule has 0 unspecified atom stereocenters. The summed E-state index contributed by atoms with van der Waals surface area (Å²) < 4.78 is 7.84. The first-order chi connectivity index (χ1) is 10.4. The lowest BCUT2D eigenvalue weighted by molar-refractivity contribution is 0.415. The second kappa shape index (κ2) is 4.77. The van der Waals surface area contributed by atoms with E-state index in [1.54, 1.807) is 7.11 Å². The normalized spacial score (nSPS) is 12.6. The van der Waals surface area contributed by atoms with Crippen LogP contribution in [0.3, 0.4) is 0 Å². The van der Waals surface area contributed by atoms with Crippen LogP contribution in [-0.4, -0.2) is 16.7 Å². The van der Waals surface area contributed by atoms with Crippen molar-refractivity contribution >= 4 is 0 Å². The Morgan fingerprint density at radius 2 is 1.90 bits per heavy atom. The number of aryl methyl sites for hydroxylation is 1. The fourth-order valence-electron chi connectivity index (χ4n) is 3.10. The van der Waals surface area contributed by atoms with Crippen molar-refractivity contribution in [1.82, 2.24) is 9.55 Å². The van der Waals surface area contributed by atoms with E-state index in [0.29, 0.717) is 0 Å². The van der Waals surface area contributed by atoms with Crippen molar-refractivity contribution in [3.8, 4) is 28.4 Å². The molecule has 0 radical (unpaired) electrons. The van der Waals surface area contributed by atoms with Crippen molar-refractivity contribution in [2.45, 2.75) is 13.0 Å². The zero-order valence-electron chi connectivity index (χ0n) is 11.9. The molecule has 0 fully saturated rings. The predicted molar refractivity (Wildman–Crippen MR) is 83.4 cm³/mol. The second-order valence-corrected chi connectivity index (χ2v) is 5.23. The van der Waals surface area contributed by atoms with Crippen LogP contribution in [0.2, 0.25) is 0 Å². The fourth-order valence-corrected chi connectivity index (χ4v) is 3.10. The summed E-state index contributed by atoms with van der Waals surface area (Å²) in [5.41, 5.74) is 4.82. The van der Waals surface area contributed by atoms with Crippen LogP contribution in [0.25, 0.3) is 22.6 Å².